The minimum Gasteiger partial charge on any atom is -0.497 e. The number of piperidine rings is 1. The Hall–Kier alpha value is -2.47. The quantitative estimate of drug-likeness (QED) is 0.772. The van der Waals surface area contributed by atoms with Crippen molar-refractivity contribution in [3.8, 4) is 5.75 Å². The third-order valence-electron chi connectivity index (χ3n) is 5.97. The Kier molecular flexibility index (Phi) is 5.54. The van der Waals surface area contributed by atoms with Crippen LogP contribution in [0.3, 0.4) is 0 Å². The molecule has 2 heterocycles. The number of hydrogen-bond acceptors (Lipinski definition) is 4. The summed E-state index contributed by atoms with van der Waals surface area (Å²) in [5.41, 5.74) is 2.47. The maximum Gasteiger partial charge on any atom is 0.255 e. The van der Waals surface area contributed by atoms with Gasteiger partial charge >= 0.3 is 0 Å². The van der Waals surface area contributed by atoms with Gasteiger partial charge in [0.25, 0.3) is 11.8 Å². The molecule has 0 unspecified atom stereocenters. The molecule has 0 saturated carbocycles. The first kappa shape index (κ1) is 19.8. The van der Waals surface area contributed by atoms with Crippen LogP contribution in [0.2, 0.25) is 0 Å². The SMILES string of the molecule is COc1ccc(C(=O)N2CCC3(CC2)SCCN3C(=O)c2ccccc2C)cc1. The lowest BCUT2D eigenvalue weighted by molar-refractivity contribution is 0.0497. The van der Waals surface area contributed by atoms with Gasteiger partial charge in [-0.25, -0.2) is 0 Å². The average Bonchev–Trinajstić information content (AvgIpc) is 3.16. The summed E-state index contributed by atoms with van der Waals surface area (Å²) in [5.74, 6) is 1.85. The van der Waals surface area contributed by atoms with E-state index >= 15 is 0 Å². The number of rotatable bonds is 3. The number of ether oxygens (including phenoxy) is 1. The van der Waals surface area contributed by atoms with E-state index in [0.29, 0.717) is 18.7 Å². The molecular weight excluding hydrogens is 384 g/mol. The van der Waals surface area contributed by atoms with Gasteiger partial charge in [0, 0.05) is 36.5 Å². The lowest BCUT2D eigenvalue weighted by atomic mass is 9.99. The first-order valence-electron chi connectivity index (χ1n) is 9.99. The molecule has 152 valence electrons. The van der Waals surface area contributed by atoms with Crippen LogP contribution in [0.4, 0.5) is 0 Å². The maximum absolute atomic E-state index is 13.3. The van der Waals surface area contributed by atoms with Gasteiger partial charge in [0.05, 0.1) is 12.0 Å². The van der Waals surface area contributed by atoms with Gasteiger partial charge in [-0.15, -0.1) is 11.8 Å². The number of benzene rings is 2. The predicted octanol–water partition coefficient (Wildman–Crippen LogP) is 3.83. The largest absolute Gasteiger partial charge is 0.497 e. The normalized spacial score (nSPS) is 18.1. The van der Waals surface area contributed by atoms with Gasteiger partial charge in [-0.05, 0) is 55.7 Å². The summed E-state index contributed by atoms with van der Waals surface area (Å²) in [7, 11) is 1.62. The van der Waals surface area contributed by atoms with Crippen molar-refractivity contribution in [1.82, 2.24) is 9.80 Å². The van der Waals surface area contributed by atoms with Crippen molar-refractivity contribution in [2.24, 2.45) is 0 Å². The molecule has 0 N–H and O–H groups in total. The van der Waals surface area contributed by atoms with Crippen molar-refractivity contribution >= 4 is 23.6 Å². The Morgan fingerprint density at radius 3 is 2.31 bits per heavy atom. The molecular formula is C23H26N2O3S. The molecule has 2 fully saturated rings. The van der Waals surface area contributed by atoms with E-state index in [0.717, 1.165) is 42.0 Å². The van der Waals surface area contributed by atoms with Crippen molar-refractivity contribution in [3.05, 3.63) is 65.2 Å². The highest BCUT2D eigenvalue weighted by Crippen LogP contribution is 2.44. The molecule has 0 radical (unpaired) electrons. The molecule has 6 heteroatoms. The van der Waals surface area contributed by atoms with Crippen molar-refractivity contribution in [3.63, 3.8) is 0 Å². The molecule has 0 aliphatic carbocycles. The van der Waals surface area contributed by atoms with Crippen LogP contribution in [-0.4, -0.2) is 59.0 Å². The molecule has 2 aromatic carbocycles. The van der Waals surface area contributed by atoms with Crippen LogP contribution in [0.25, 0.3) is 0 Å². The molecule has 1 spiro atoms. The fourth-order valence-electron chi connectivity index (χ4n) is 4.24. The Balaban J connectivity index is 1.46. The van der Waals surface area contributed by atoms with Gasteiger partial charge in [-0.2, -0.15) is 0 Å². The van der Waals surface area contributed by atoms with E-state index < -0.39 is 0 Å². The Labute approximate surface area is 176 Å². The number of amides is 2. The van der Waals surface area contributed by atoms with Gasteiger partial charge in [0.1, 0.15) is 5.75 Å². The highest BCUT2D eigenvalue weighted by Gasteiger charge is 2.47. The molecule has 0 aromatic heterocycles. The number of nitrogens with zero attached hydrogens (tertiary/aromatic N) is 2. The van der Waals surface area contributed by atoms with Gasteiger partial charge in [-0.3, -0.25) is 9.59 Å². The molecule has 2 aromatic rings. The van der Waals surface area contributed by atoms with Crippen LogP contribution in [0.15, 0.2) is 48.5 Å². The van der Waals surface area contributed by atoms with E-state index in [1.165, 1.54) is 0 Å². The Morgan fingerprint density at radius 1 is 0.966 bits per heavy atom. The molecule has 4 rings (SSSR count). The highest BCUT2D eigenvalue weighted by molar-refractivity contribution is 8.00. The summed E-state index contributed by atoms with van der Waals surface area (Å²) in [6.07, 6.45) is 1.61. The lowest BCUT2D eigenvalue weighted by Crippen LogP contribution is -2.53. The third-order valence-corrected chi connectivity index (χ3v) is 7.52. The standard InChI is InChI=1S/C23H26N2O3S/c1-17-5-3-4-6-20(17)22(27)25-15-16-29-23(25)11-13-24(14-12-23)21(26)18-7-9-19(28-2)10-8-18/h3-10H,11-16H2,1-2H3. The number of hydrogen-bond donors (Lipinski definition) is 0. The van der Waals surface area contributed by atoms with E-state index in [1.807, 2.05) is 72.1 Å². The number of carbonyl (C=O) groups excluding carboxylic acids is 2. The summed E-state index contributed by atoms with van der Waals surface area (Å²) < 4.78 is 5.17. The van der Waals surface area contributed by atoms with Gasteiger partial charge < -0.3 is 14.5 Å². The summed E-state index contributed by atoms with van der Waals surface area (Å²) in [6, 6.07) is 15.0. The lowest BCUT2D eigenvalue weighted by Gasteiger charge is -2.44. The van der Waals surface area contributed by atoms with Crippen LogP contribution in [0.5, 0.6) is 5.75 Å². The second-order valence-electron chi connectivity index (χ2n) is 7.59. The highest BCUT2D eigenvalue weighted by atomic mass is 32.2. The van der Waals surface area contributed by atoms with E-state index in [2.05, 4.69) is 4.90 Å². The van der Waals surface area contributed by atoms with Crippen LogP contribution < -0.4 is 4.74 Å². The third kappa shape index (κ3) is 3.73. The fourth-order valence-corrected chi connectivity index (χ4v) is 5.70. The van der Waals surface area contributed by atoms with E-state index in [1.54, 1.807) is 7.11 Å². The first-order chi connectivity index (χ1) is 14.0. The molecule has 0 bridgehead atoms. The molecule has 2 saturated heterocycles. The Bertz CT molecular complexity index is 905. The minimum atomic E-state index is -0.198. The molecule has 5 nitrogen and oxygen atoms in total. The van der Waals surface area contributed by atoms with Crippen molar-refractivity contribution < 1.29 is 14.3 Å². The van der Waals surface area contributed by atoms with Crippen LogP contribution in [0.1, 0.15) is 39.1 Å². The van der Waals surface area contributed by atoms with Crippen molar-refractivity contribution in [2.75, 3.05) is 32.5 Å². The maximum atomic E-state index is 13.3. The number of aryl methyl sites for hydroxylation is 1. The zero-order valence-corrected chi connectivity index (χ0v) is 17.7. The predicted molar refractivity (Wildman–Crippen MR) is 116 cm³/mol. The van der Waals surface area contributed by atoms with Crippen LogP contribution in [-0.2, 0) is 0 Å². The van der Waals surface area contributed by atoms with Crippen LogP contribution >= 0.6 is 11.8 Å². The monoisotopic (exact) mass is 410 g/mol. The number of likely N-dealkylation sites (tertiary alicyclic amines) is 1. The van der Waals surface area contributed by atoms with Gasteiger partial charge in [0.2, 0.25) is 0 Å². The second kappa shape index (κ2) is 8.11. The zero-order valence-electron chi connectivity index (χ0n) is 16.9. The topological polar surface area (TPSA) is 49.9 Å². The van der Waals surface area contributed by atoms with Crippen molar-refractivity contribution in [1.29, 1.82) is 0 Å². The summed E-state index contributed by atoms with van der Waals surface area (Å²) in [5, 5.41) is 0. The first-order valence-corrected chi connectivity index (χ1v) is 11.0. The zero-order chi connectivity index (χ0) is 20.4. The summed E-state index contributed by atoms with van der Waals surface area (Å²) >= 11 is 1.87. The number of thioether (sulfide) groups is 1. The van der Waals surface area contributed by atoms with E-state index in [9.17, 15) is 9.59 Å². The molecule has 2 aliphatic heterocycles. The number of methoxy groups -OCH3 is 1. The summed E-state index contributed by atoms with van der Waals surface area (Å²) in [6.45, 7) is 4.08. The van der Waals surface area contributed by atoms with E-state index in [-0.39, 0.29) is 16.7 Å². The van der Waals surface area contributed by atoms with E-state index in [4.69, 9.17) is 4.74 Å². The Morgan fingerprint density at radius 2 is 1.66 bits per heavy atom. The number of carbonyl (C=O) groups is 2. The molecule has 0 atom stereocenters. The smallest absolute Gasteiger partial charge is 0.255 e. The molecule has 2 amide bonds. The minimum absolute atomic E-state index is 0.0438. The molecule has 29 heavy (non-hydrogen) atoms. The van der Waals surface area contributed by atoms with Gasteiger partial charge in [-0.1, -0.05) is 18.2 Å². The van der Waals surface area contributed by atoms with Crippen LogP contribution in [0, 0.1) is 6.92 Å². The fraction of sp³-hybridized carbons (Fsp3) is 0.391. The second-order valence-corrected chi connectivity index (χ2v) is 9.04. The molecule has 2 aliphatic rings. The summed E-state index contributed by atoms with van der Waals surface area (Å²) in [4.78, 5) is 29.9. The average molecular weight is 411 g/mol. The van der Waals surface area contributed by atoms with Gasteiger partial charge in [0.15, 0.2) is 0 Å². The van der Waals surface area contributed by atoms with Crippen molar-refractivity contribution in [2.45, 2.75) is 24.6 Å².